The molecule has 1 N–H and O–H groups in total. The number of nitrogens with zero attached hydrogens (tertiary/aromatic N) is 1. The lowest BCUT2D eigenvalue weighted by molar-refractivity contribution is 1.15. The number of nitrogens with one attached hydrogen (secondary N) is 1. The molecule has 0 amide bonds. The van der Waals surface area contributed by atoms with Crippen molar-refractivity contribution in [3.8, 4) is 11.1 Å². The molecule has 2 aromatic rings. The van der Waals surface area contributed by atoms with Gasteiger partial charge in [0.2, 0.25) is 0 Å². The van der Waals surface area contributed by atoms with E-state index in [1.807, 2.05) is 24.3 Å². The van der Waals surface area contributed by atoms with E-state index in [2.05, 4.69) is 9.97 Å². The Morgan fingerprint density at radius 1 is 1.36 bits per heavy atom. The van der Waals surface area contributed by atoms with Gasteiger partial charge in [0.05, 0.1) is 6.33 Å². The van der Waals surface area contributed by atoms with E-state index in [0.717, 1.165) is 11.1 Å². The number of hydrogen-bond donors (Lipinski definition) is 1. The predicted octanol–water partition coefficient (Wildman–Crippen LogP) is 3.46. The number of rotatable bonds is 1. The number of benzene rings is 1. The van der Waals surface area contributed by atoms with E-state index in [9.17, 15) is 0 Å². The smallest absolute Gasteiger partial charge is 0.113 e. The molecule has 2 rings (SSSR count). The molecule has 0 aliphatic carbocycles. The summed E-state index contributed by atoms with van der Waals surface area (Å²) in [5.41, 5.74) is 1.87. The number of H-pyrrole nitrogens is 1. The molecular weight excluding hydrogens is 216 g/mol. The molecule has 70 valence electrons. The quantitative estimate of drug-likeness (QED) is 0.749. The van der Waals surface area contributed by atoms with Crippen molar-refractivity contribution < 1.29 is 0 Å². The first kappa shape index (κ1) is 9.37. The van der Waals surface area contributed by atoms with Crippen LogP contribution < -0.4 is 0 Å². The Morgan fingerprint density at radius 2 is 2.21 bits per heavy atom. The van der Waals surface area contributed by atoms with Crippen molar-refractivity contribution in [3.05, 3.63) is 46.5 Å². The molecular formula is C10H7ClN2S. The third kappa shape index (κ3) is 1.84. The van der Waals surface area contributed by atoms with Gasteiger partial charge < -0.3 is 4.98 Å². The van der Waals surface area contributed by atoms with Crippen molar-refractivity contribution in [3.63, 3.8) is 0 Å². The van der Waals surface area contributed by atoms with Crippen molar-refractivity contribution in [2.45, 2.75) is 0 Å². The molecule has 0 fully saturated rings. The van der Waals surface area contributed by atoms with Crippen molar-refractivity contribution in [1.29, 1.82) is 0 Å². The largest absolute Gasteiger partial charge is 0.337 e. The zero-order chi connectivity index (χ0) is 9.97. The maximum absolute atomic E-state index is 5.88. The molecule has 0 saturated heterocycles. The number of hydrogen-bond acceptors (Lipinski definition) is 2. The first-order valence-corrected chi connectivity index (χ1v) is 4.84. The maximum Gasteiger partial charge on any atom is 0.113 e. The van der Waals surface area contributed by atoms with Gasteiger partial charge in [0.25, 0.3) is 0 Å². The Balaban J connectivity index is 2.61. The highest BCUT2D eigenvalue weighted by atomic mass is 35.5. The van der Waals surface area contributed by atoms with Crippen LogP contribution in [0.1, 0.15) is 0 Å². The van der Waals surface area contributed by atoms with Crippen LogP contribution in [0.4, 0.5) is 0 Å². The summed E-state index contributed by atoms with van der Waals surface area (Å²) in [6.45, 7) is 0. The van der Waals surface area contributed by atoms with Crippen LogP contribution in [0.25, 0.3) is 11.1 Å². The number of aromatic amines is 1. The average molecular weight is 223 g/mol. The van der Waals surface area contributed by atoms with Crippen LogP contribution in [-0.4, -0.2) is 9.97 Å². The molecule has 2 nitrogen and oxygen atoms in total. The van der Waals surface area contributed by atoms with Crippen LogP contribution >= 0.6 is 23.8 Å². The van der Waals surface area contributed by atoms with Crippen LogP contribution in [0.15, 0.2) is 36.8 Å². The Labute approximate surface area is 91.6 Å². The summed E-state index contributed by atoms with van der Waals surface area (Å²) >= 11 is 11.0. The van der Waals surface area contributed by atoms with Crippen molar-refractivity contribution in [1.82, 2.24) is 9.97 Å². The number of halogens is 1. The molecule has 1 heterocycles. The minimum Gasteiger partial charge on any atom is -0.337 e. The normalized spacial score (nSPS) is 10.1. The zero-order valence-corrected chi connectivity index (χ0v) is 8.77. The van der Waals surface area contributed by atoms with Crippen LogP contribution in [0.2, 0.25) is 5.02 Å². The molecule has 4 heteroatoms. The van der Waals surface area contributed by atoms with E-state index < -0.39 is 0 Å². The third-order valence-corrected chi connectivity index (χ3v) is 2.43. The standard InChI is InChI=1S/C10H7ClN2S/c11-8-3-1-2-7(4-8)9-5-12-6-13-10(9)14/h1-6H,(H,12,13,14). The topological polar surface area (TPSA) is 28.7 Å². The van der Waals surface area contributed by atoms with Crippen LogP contribution in [0, 0.1) is 4.64 Å². The summed E-state index contributed by atoms with van der Waals surface area (Å²) in [6, 6.07) is 7.53. The highest BCUT2D eigenvalue weighted by molar-refractivity contribution is 7.71. The van der Waals surface area contributed by atoms with Gasteiger partial charge in [0.1, 0.15) is 4.64 Å². The van der Waals surface area contributed by atoms with E-state index in [-0.39, 0.29) is 0 Å². The van der Waals surface area contributed by atoms with Gasteiger partial charge in [0, 0.05) is 16.8 Å². The van der Waals surface area contributed by atoms with Gasteiger partial charge in [-0.05, 0) is 17.7 Å². The van der Waals surface area contributed by atoms with Crippen molar-refractivity contribution in [2.75, 3.05) is 0 Å². The van der Waals surface area contributed by atoms with Gasteiger partial charge in [-0.2, -0.15) is 0 Å². The van der Waals surface area contributed by atoms with Gasteiger partial charge >= 0.3 is 0 Å². The second kappa shape index (κ2) is 3.90. The molecule has 0 bridgehead atoms. The van der Waals surface area contributed by atoms with Crippen LogP contribution in [0.3, 0.4) is 0 Å². The Kier molecular flexibility index (Phi) is 2.61. The highest BCUT2D eigenvalue weighted by Crippen LogP contribution is 2.21. The minimum absolute atomic E-state index is 0.669. The third-order valence-electron chi connectivity index (χ3n) is 1.85. The molecule has 0 aliphatic heterocycles. The summed E-state index contributed by atoms with van der Waals surface area (Å²) in [5.74, 6) is 0. The highest BCUT2D eigenvalue weighted by Gasteiger charge is 1.99. The Hall–Kier alpha value is -1.19. The van der Waals surface area contributed by atoms with E-state index >= 15 is 0 Å². The van der Waals surface area contributed by atoms with Crippen molar-refractivity contribution in [2.24, 2.45) is 0 Å². The monoisotopic (exact) mass is 222 g/mol. The van der Waals surface area contributed by atoms with E-state index in [1.54, 1.807) is 12.5 Å². The van der Waals surface area contributed by atoms with Gasteiger partial charge in [0.15, 0.2) is 0 Å². The molecule has 0 atom stereocenters. The average Bonchev–Trinajstić information content (AvgIpc) is 2.18. The number of aromatic nitrogens is 2. The fourth-order valence-electron chi connectivity index (χ4n) is 1.21. The van der Waals surface area contributed by atoms with Crippen LogP contribution in [0.5, 0.6) is 0 Å². The van der Waals surface area contributed by atoms with Gasteiger partial charge in [-0.15, -0.1) is 0 Å². The summed E-state index contributed by atoms with van der Waals surface area (Å²) in [5, 5.41) is 0.695. The summed E-state index contributed by atoms with van der Waals surface area (Å²) in [4.78, 5) is 6.86. The summed E-state index contributed by atoms with van der Waals surface area (Å²) in [6.07, 6.45) is 3.29. The first-order chi connectivity index (χ1) is 6.77. The first-order valence-electron chi connectivity index (χ1n) is 4.06. The Morgan fingerprint density at radius 3 is 2.93 bits per heavy atom. The molecule has 0 unspecified atom stereocenters. The van der Waals surface area contributed by atoms with Gasteiger partial charge in [-0.25, -0.2) is 4.98 Å². The SMILES string of the molecule is S=c1[nH]cncc1-c1cccc(Cl)c1. The molecule has 14 heavy (non-hydrogen) atoms. The minimum atomic E-state index is 0.669. The van der Waals surface area contributed by atoms with E-state index in [1.165, 1.54) is 0 Å². The van der Waals surface area contributed by atoms with E-state index in [4.69, 9.17) is 23.8 Å². The molecule has 1 aromatic heterocycles. The second-order valence-electron chi connectivity index (χ2n) is 2.80. The van der Waals surface area contributed by atoms with Gasteiger partial charge in [-0.1, -0.05) is 36.0 Å². The maximum atomic E-state index is 5.88. The van der Waals surface area contributed by atoms with Crippen LogP contribution in [-0.2, 0) is 0 Å². The summed E-state index contributed by atoms with van der Waals surface area (Å²) < 4.78 is 0.669. The molecule has 1 aromatic carbocycles. The molecule has 0 radical (unpaired) electrons. The fraction of sp³-hybridized carbons (Fsp3) is 0. The molecule has 0 spiro atoms. The lowest BCUT2D eigenvalue weighted by Gasteiger charge is -2.00. The predicted molar refractivity (Wildman–Crippen MR) is 59.9 cm³/mol. The van der Waals surface area contributed by atoms with E-state index in [0.29, 0.717) is 9.66 Å². The fourth-order valence-corrected chi connectivity index (χ4v) is 1.62. The Bertz CT molecular complexity index is 507. The van der Waals surface area contributed by atoms with Gasteiger partial charge in [-0.3, -0.25) is 0 Å². The van der Waals surface area contributed by atoms with Crippen molar-refractivity contribution >= 4 is 23.8 Å². The lowest BCUT2D eigenvalue weighted by atomic mass is 10.1. The molecule has 0 saturated carbocycles. The summed E-state index contributed by atoms with van der Waals surface area (Å²) in [7, 11) is 0. The zero-order valence-electron chi connectivity index (χ0n) is 7.20. The lowest BCUT2D eigenvalue weighted by Crippen LogP contribution is -1.84. The molecule has 0 aliphatic rings. The second-order valence-corrected chi connectivity index (χ2v) is 3.65.